The summed E-state index contributed by atoms with van der Waals surface area (Å²) in [6, 6.07) is 10.0. The van der Waals surface area contributed by atoms with Crippen molar-refractivity contribution in [1.82, 2.24) is 0 Å². The molecule has 0 aliphatic rings. The van der Waals surface area contributed by atoms with Crippen LogP contribution in [0.15, 0.2) is 36.4 Å². The number of nitrogens with two attached hydrogens (primary N) is 1. The first-order chi connectivity index (χ1) is 8.59. The minimum absolute atomic E-state index is 0.0547. The minimum Gasteiger partial charge on any atom is -0.487 e. The van der Waals surface area contributed by atoms with Crippen LogP contribution >= 0.6 is 11.6 Å². The lowest BCUT2D eigenvalue weighted by Gasteiger charge is -2.11. The Morgan fingerprint density at radius 3 is 2.67 bits per heavy atom. The van der Waals surface area contributed by atoms with Gasteiger partial charge < -0.3 is 10.5 Å². The fourth-order valence-corrected chi connectivity index (χ4v) is 1.82. The van der Waals surface area contributed by atoms with Gasteiger partial charge in [-0.3, -0.25) is 0 Å². The Morgan fingerprint density at radius 2 is 1.94 bits per heavy atom. The van der Waals surface area contributed by atoms with Gasteiger partial charge in [0.25, 0.3) is 0 Å². The van der Waals surface area contributed by atoms with Gasteiger partial charge in [-0.25, -0.2) is 4.39 Å². The second-order valence-electron chi connectivity index (χ2n) is 3.98. The van der Waals surface area contributed by atoms with Gasteiger partial charge in [-0.15, -0.1) is 0 Å². The van der Waals surface area contributed by atoms with Crippen molar-refractivity contribution >= 4 is 17.3 Å². The van der Waals surface area contributed by atoms with Gasteiger partial charge in [0.2, 0.25) is 0 Å². The summed E-state index contributed by atoms with van der Waals surface area (Å²) in [5.41, 5.74) is 7.69. The van der Waals surface area contributed by atoms with Crippen molar-refractivity contribution in [3.8, 4) is 5.75 Å². The van der Waals surface area contributed by atoms with E-state index in [4.69, 9.17) is 22.1 Å². The Balaban J connectivity index is 2.19. The fraction of sp³-hybridized carbons (Fsp3) is 0.143. The molecule has 2 rings (SSSR count). The molecular weight excluding hydrogens is 253 g/mol. The molecule has 0 unspecified atom stereocenters. The topological polar surface area (TPSA) is 35.2 Å². The molecule has 2 N–H and O–H groups in total. The number of halogens is 2. The van der Waals surface area contributed by atoms with Gasteiger partial charge in [-0.1, -0.05) is 29.8 Å². The third-order valence-corrected chi connectivity index (χ3v) is 3.07. The van der Waals surface area contributed by atoms with Crippen LogP contribution in [0.4, 0.5) is 10.1 Å². The first-order valence-electron chi connectivity index (χ1n) is 5.50. The number of hydrogen-bond acceptors (Lipinski definition) is 2. The average Bonchev–Trinajstić information content (AvgIpc) is 2.33. The van der Waals surface area contributed by atoms with Crippen molar-refractivity contribution in [2.24, 2.45) is 0 Å². The van der Waals surface area contributed by atoms with Crippen LogP contribution in [0.1, 0.15) is 11.1 Å². The molecule has 0 aliphatic carbocycles. The number of nitrogen functional groups attached to an aromatic ring is 1. The number of para-hydroxylation sites is 1. The van der Waals surface area contributed by atoms with Gasteiger partial charge >= 0.3 is 0 Å². The molecule has 0 radical (unpaired) electrons. The van der Waals surface area contributed by atoms with Crippen LogP contribution in [0.5, 0.6) is 5.75 Å². The Hall–Kier alpha value is -1.74. The number of aryl methyl sites for hydroxylation is 1. The van der Waals surface area contributed by atoms with E-state index in [1.807, 2.05) is 19.1 Å². The molecule has 2 aromatic carbocycles. The molecule has 2 aromatic rings. The number of hydrogen-bond donors (Lipinski definition) is 1. The van der Waals surface area contributed by atoms with E-state index in [0.717, 1.165) is 5.56 Å². The highest BCUT2D eigenvalue weighted by Gasteiger charge is 2.09. The Kier molecular flexibility index (Phi) is 3.72. The zero-order valence-corrected chi connectivity index (χ0v) is 10.7. The van der Waals surface area contributed by atoms with Gasteiger partial charge in [0, 0.05) is 5.56 Å². The predicted octanol–water partition coefficient (Wildman–Crippen LogP) is 3.95. The largest absolute Gasteiger partial charge is 0.487 e. The first kappa shape index (κ1) is 12.7. The maximum Gasteiger partial charge on any atom is 0.142 e. The van der Waals surface area contributed by atoms with Crippen molar-refractivity contribution < 1.29 is 9.13 Å². The zero-order chi connectivity index (χ0) is 13.1. The van der Waals surface area contributed by atoms with Crippen LogP contribution in [0, 0.1) is 12.7 Å². The molecule has 0 heterocycles. The Bertz CT molecular complexity index is 551. The highest BCUT2D eigenvalue weighted by atomic mass is 35.5. The number of rotatable bonds is 3. The molecule has 18 heavy (non-hydrogen) atoms. The number of benzene rings is 2. The molecule has 94 valence electrons. The summed E-state index contributed by atoms with van der Waals surface area (Å²) >= 11 is 5.92. The summed E-state index contributed by atoms with van der Waals surface area (Å²) in [7, 11) is 0. The summed E-state index contributed by atoms with van der Waals surface area (Å²) in [6.07, 6.45) is 0. The van der Waals surface area contributed by atoms with Gasteiger partial charge in [0.1, 0.15) is 18.2 Å². The van der Waals surface area contributed by atoms with E-state index in [1.165, 1.54) is 6.07 Å². The maximum atomic E-state index is 13.5. The van der Waals surface area contributed by atoms with Crippen LogP contribution < -0.4 is 10.5 Å². The number of anilines is 1. The summed E-state index contributed by atoms with van der Waals surface area (Å²) in [5, 5.41) is 0.348. The van der Waals surface area contributed by atoms with Crippen molar-refractivity contribution in [1.29, 1.82) is 0 Å². The van der Waals surface area contributed by atoms with Crippen molar-refractivity contribution in [3.05, 3.63) is 58.4 Å². The van der Waals surface area contributed by atoms with Crippen LogP contribution in [-0.4, -0.2) is 0 Å². The summed E-state index contributed by atoms with van der Waals surface area (Å²) in [5.74, 6) is 0.156. The van der Waals surface area contributed by atoms with Crippen molar-refractivity contribution in [3.63, 3.8) is 0 Å². The molecule has 0 aliphatic heterocycles. The lowest BCUT2D eigenvalue weighted by molar-refractivity contribution is 0.301. The Labute approximate surface area is 110 Å². The zero-order valence-electron chi connectivity index (χ0n) is 9.91. The molecule has 0 saturated heterocycles. The molecule has 0 fully saturated rings. The third kappa shape index (κ3) is 2.57. The van der Waals surface area contributed by atoms with Crippen LogP contribution in [-0.2, 0) is 6.61 Å². The first-order valence-corrected chi connectivity index (χ1v) is 5.88. The quantitative estimate of drug-likeness (QED) is 0.853. The second-order valence-corrected chi connectivity index (χ2v) is 4.38. The van der Waals surface area contributed by atoms with Crippen LogP contribution in [0.2, 0.25) is 5.02 Å². The van der Waals surface area contributed by atoms with Crippen molar-refractivity contribution in [2.45, 2.75) is 13.5 Å². The molecule has 2 nitrogen and oxygen atoms in total. The highest BCUT2D eigenvalue weighted by Crippen LogP contribution is 2.27. The highest BCUT2D eigenvalue weighted by molar-refractivity contribution is 6.31. The third-order valence-electron chi connectivity index (χ3n) is 2.72. The van der Waals surface area contributed by atoms with E-state index in [9.17, 15) is 4.39 Å². The van der Waals surface area contributed by atoms with Gasteiger partial charge in [0.05, 0.1) is 10.7 Å². The lowest BCUT2D eigenvalue weighted by atomic mass is 10.2. The minimum atomic E-state index is -0.381. The number of ether oxygens (including phenoxy) is 1. The van der Waals surface area contributed by atoms with E-state index in [-0.39, 0.29) is 12.4 Å². The SMILES string of the molecule is Cc1cccc(OCc2c(F)cccc2Cl)c1N. The molecule has 0 amide bonds. The molecule has 0 saturated carbocycles. The molecular formula is C14H13ClFNO. The molecule has 4 heteroatoms. The molecule has 0 aromatic heterocycles. The summed E-state index contributed by atoms with van der Waals surface area (Å²) in [6.45, 7) is 1.94. The van der Waals surface area contributed by atoms with Crippen LogP contribution in [0.25, 0.3) is 0 Å². The second kappa shape index (κ2) is 5.27. The van der Waals surface area contributed by atoms with E-state index in [1.54, 1.807) is 18.2 Å². The van der Waals surface area contributed by atoms with Crippen LogP contribution in [0.3, 0.4) is 0 Å². The Morgan fingerprint density at radius 1 is 1.22 bits per heavy atom. The van der Waals surface area contributed by atoms with E-state index < -0.39 is 0 Å². The van der Waals surface area contributed by atoms with Gasteiger partial charge in [0.15, 0.2) is 0 Å². The maximum absolute atomic E-state index is 13.5. The summed E-state index contributed by atoms with van der Waals surface area (Å²) in [4.78, 5) is 0. The van der Waals surface area contributed by atoms with E-state index >= 15 is 0 Å². The van der Waals surface area contributed by atoms with Crippen molar-refractivity contribution in [2.75, 3.05) is 5.73 Å². The fourth-order valence-electron chi connectivity index (χ4n) is 1.60. The standard InChI is InChI=1S/C14H13ClFNO/c1-9-4-2-7-13(14(9)17)18-8-10-11(15)5-3-6-12(10)16/h2-7H,8,17H2,1H3. The summed E-state index contributed by atoms with van der Waals surface area (Å²) < 4.78 is 19.1. The van der Waals surface area contributed by atoms with Gasteiger partial charge in [-0.05, 0) is 30.7 Å². The normalized spacial score (nSPS) is 10.4. The van der Waals surface area contributed by atoms with E-state index in [2.05, 4.69) is 0 Å². The molecule has 0 spiro atoms. The average molecular weight is 266 g/mol. The predicted molar refractivity (Wildman–Crippen MR) is 71.3 cm³/mol. The lowest BCUT2D eigenvalue weighted by Crippen LogP contribution is -2.02. The molecule has 0 bridgehead atoms. The van der Waals surface area contributed by atoms with E-state index in [0.29, 0.717) is 22.0 Å². The smallest absolute Gasteiger partial charge is 0.142 e. The molecule has 0 atom stereocenters. The monoisotopic (exact) mass is 265 g/mol. The van der Waals surface area contributed by atoms with Gasteiger partial charge in [-0.2, -0.15) is 0 Å².